The number of hydrogen-bond donors (Lipinski definition) is 1. The van der Waals surface area contributed by atoms with Gasteiger partial charge < -0.3 is 19.0 Å². The van der Waals surface area contributed by atoms with Gasteiger partial charge in [0.2, 0.25) is 0 Å². The summed E-state index contributed by atoms with van der Waals surface area (Å²) in [5.41, 5.74) is 0.319. The number of carbonyl (C=O) groups is 1. The van der Waals surface area contributed by atoms with Gasteiger partial charge in [-0.1, -0.05) is 13.8 Å². The Morgan fingerprint density at radius 2 is 1.94 bits per heavy atom. The van der Waals surface area contributed by atoms with Crippen LogP contribution in [0.25, 0.3) is 0 Å². The summed E-state index contributed by atoms with van der Waals surface area (Å²) in [5.74, 6) is 1.24. The fraction of sp³-hybridized carbons (Fsp3) is 0.769. The molecule has 0 aromatic carbocycles. The van der Waals surface area contributed by atoms with E-state index in [1.54, 1.807) is 6.26 Å². The molecule has 1 N–H and O–H groups in total. The molecule has 1 spiro atoms. The van der Waals surface area contributed by atoms with E-state index in [1.165, 1.54) is 13.0 Å². The lowest BCUT2D eigenvalue weighted by molar-refractivity contribution is -0.158. The molecular formula is C26H34O6. The summed E-state index contributed by atoms with van der Waals surface area (Å²) in [7, 11) is 0. The van der Waals surface area contributed by atoms with E-state index in [4.69, 9.17) is 13.9 Å². The summed E-state index contributed by atoms with van der Waals surface area (Å²) in [6.45, 7) is 6.23. The maximum Gasteiger partial charge on any atom is 0.335 e. The quantitative estimate of drug-likeness (QED) is 0.554. The van der Waals surface area contributed by atoms with Crippen LogP contribution in [0.2, 0.25) is 0 Å². The zero-order valence-electron chi connectivity index (χ0n) is 19.2. The van der Waals surface area contributed by atoms with Crippen molar-refractivity contribution >= 4 is 5.97 Å². The highest BCUT2D eigenvalue weighted by molar-refractivity contribution is 5.66. The fourth-order valence-corrected chi connectivity index (χ4v) is 9.10. The monoisotopic (exact) mass is 442 g/mol. The minimum Gasteiger partial charge on any atom is -0.459 e. The Kier molecular flexibility index (Phi) is 4.37. The second-order valence-electron chi connectivity index (χ2n) is 11.6. The summed E-state index contributed by atoms with van der Waals surface area (Å²) in [6, 6.07) is 3.30. The summed E-state index contributed by atoms with van der Waals surface area (Å²) in [4.78, 5) is 23.7. The van der Waals surface area contributed by atoms with E-state index >= 15 is 0 Å². The van der Waals surface area contributed by atoms with E-state index in [0.29, 0.717) is 17.8 Å². The molecule has 0 bridgehead atoms. The van der Waals surface area contributed by atoms with Crippen molar-refractivity contribution in [2.24, 2.45) is 28.6 Å². The third kappa shape index (κ3) is 2.54. The molecule has 4 saturated carbocycles. The molecule has 174 valence electrons. The smallest absolute Gasteiger partial charge is 0.335 e. The lowest BCUT2D eigenvalue weighted by Gasteiger charge is -2.61. The number of hydrogen-bond acceptors (Lipinski definition) is 6. The maximum atomic E-state index is 12.1. The van der Waals surface area contributed by atoms with Crippen LogP contribution in [0.3, 0.4) is 0 Å². The zero-order valence-corrected chi connectivity index (χ0v) is 19.2. The molecule has 5 fully saturated rings. The molecule has 2 heterocycles. The van der Waals surface area contributed by atoms with Crippen LogP contribution in [0.1, 0.15) is 77.2 Å². The van der Waals surface area contributed by atoms with E-state index in [2.05, 4.69) is 13.8 Å². The van der Waals surface area contributed by atoms with E-state index in [-0.39, 0.29) is 52.3 Å². The SMILES string of the molecule is CC(=O)O[C@H]1[C@H]2OC23[C@@H]2CC[C@@H]4CC(O)CCC4(C)[C@H]2CC[C@]3(C)[C@H]1c1ccc(=O)oc1. The molecule has 1 saturated heterocycles. The fourth-order valence-electron chi connectivity index (χ4n) is 9.10. The minimum atomic E-state index is -0.369. The van der Waals surface area contributed by atoms with Gasteiger partial charge >= 0.3 is 11.6 Å². The normalized spacial score (nSPS) is 51.1. The standard InChI is InChI=1S/C26H34O6/c1-14(27)31-22-21(15-4-7-20(29)30-13-15)25(3)11-9-18-19(26(25)23(22)32-26)6-5-16-12-17(28)8-10-24(16,18)2/h4,7,13,16-19,21-23,28H,5-6,8-12H2,1-3H3/t16-,17?,18+,19-,21+,22-,23-,24?,25-,26?/m1/s1. The molecular weight excluding hydrogens is 408 g/mol. The van der Waals surface area contributed by atoms with Gasteiger partial charge in [0.25, 0.3) is 0 Å². The van der Waals surface area contributed by atoms with Gasteiger partial charge in [0.15, 0.2) is 0 Å². The van der Waals surface area contributed by atoms with Gasteiger partial charge in [-0.25, -0.2) is 4.79 Å². The third-order valence-electron chi connectivity index (χ3n) is 10.5. The predicted molar refractivity (Wildman–Crippen MR) is 116 cm³/mol. The van der Waals surface area contributed by atoms with Crippen molar-refractivity contribution < 1.29 is 23.8 Å². The number of fused-ring (bicyclic) bond motifs is 3. The number of epoxide rings is 1. The lowest BCUT2D eigenvalue weighted by atomic mass is 9.44. The highest BCUT2D eigenvalue weighted by atomic mass is 16.7. The van der Waals surface area contributed by atoms with Crippen LogP contribution in [-0.4, -0.2) is 35.0 Å². The Bertz CT molecular complexity index is 982. The van der Waals surface area contributed by atoms with Crippen LogP contribution in [0.4, 0.5) is 0 Å². The molecule has 6 nitrogen and oxygen atoms in total. The number of aliphatic hydroxyl groups excluding tert-OH is 1. The van der Waals surface area contributed by atoms with Crippen molar-refractivity contribution in [2.75, 3.05) is 0 Å². The van der Waals surface area contributed by atoms with Crippen molar-refractivity contribution in [3.63, 3.8) is 0 Å². The van der Waals surface area contributed by atoms with Gasteiger partial charge in [-0.2, -0.15) is 0 Å². The number of esters is 1. The first-order valence-electron chi connectivity index (χ1n) is 12.3. The molecule has 0 amide bonds. The molecule has 6 heteroatoms. The van der Waals surface area contributed by atoms with Crippen LogP contribution in [-0.2, 0) is 14.3 Å². The average molecular weight is 443 g/mol. The predicted octanol–water partition coefficient (Wildman–Crippen LogP) is 3.80. The number of ether oxygens (including phenoxy) is 2. The Morgan fingerprint density at radius 3 is 2.66 bits per heavy atom. The van der Waals surface area contributed by atoms with E-state index < -0.39 is 0 Å². The minimum absolute atomic E-state index is 0.0471. The highest BCUT2D eigenvalue weighted by Crippen LogP contribution is 2.78. The van der Waals surface area contributed by atoms with Crippen molar-refractivity contribution in [3.05, 3.63) is 34.4 Å². The molecule has 4 aliphatic carbocycles. The summed E-state index contributed by atoms with van der Waals surface area (Å²) < 4.78 is 17.8. The van der Waals surface area contributed by atoms with Crippen LogP contribution in [0, 0.1) is 28.6 Å². The van der Waals surface area contributed by atoms with Gasteiger partial charge in [0.05, 0.1) is 12.4 Å². The highest BCUT2D eigenvalue weighted by Gasteiger charge is 2.84. The van der Waals surface area contributed by atoms with Gasteiger partial charge in [-0.3, -0.25) is 4.79 Å². The molecule has 6 rings (SSSR count). The van der Waals surface area contributed by atoms with Crippen molar-refractivity contribution in [3.8, 4) is 0 Å². The molecule has 5 aliphatic rings. The number of aliphatic hydroxyl groups is 1. The first-order valence-corrected chi connectivity index (χ1v) is 12.3. The third-order valence-corrected chi connectivity index (χ3v) is 10.5. The Balaban J connectivity index is 1.41. The maximum absolute atomic E-state index is 12.1. The Hall–Kier alpha value is -1.66. The summed E-state index contributed by atoms with van der Waals surface area (Å²) in [6.07, 6.45) is 8.20. The van der Waals surface area contributed by atoms with Crippen molar-refractivity contribution in [2.45, 2.75) is 95.5 Å². The lowest BCUT2D eigenvalue weighted by Crippen LogP contribution is -2.58. The molecule has 32 heavy (non-hydrogen) atoms. The van der Waals surface area contributed by atoms with Crippen molar-refractivity contribution in [1.29, 1.82) is 0 Å². The van der Waals surface area contributed by atoms with E-state index in [1.807, 2.05) is 6.07 Å². The Morgan fingerprint density at radius 1 is 1.12 bits per heavy atom. The molecule has 1 aliphatic heterocycles. The molecule has 10 atom stereocenters. The molecule has 0 radical (unpaired) electrons. The van der Waals surface area contributed by atoms with E-state index in [0.717, 1.165) is 50.5 Å². The Labute approximate surface area is 188 Å². The van der Waals surface area contributed by atoms with Crippen molar-refractivity contribution in [1.82, 2.24) is 0 Å². The topological polar surface area (TPSA) is 89.3 Å². The van der Waals surface area contributed by atoms with Crippen LogP contribution < -0.4 is 5.63 Å². The molecule has 3 unspecified atom stereocenters. The largest absolute Gasteiger partial charge is 0.459 e. The first-order chi connectivity index (χ1) is 15.2. The number of carbonyl (C=O) groups excluding carboxylic acids is 1. The van der Waals surface area contributed by atoms with Gasteiger partial charge in [0.1, 0.15) is 17.8 Å². The van der Waals surface area contributed by atoms with Gasteiger partial charge in [0, 0.05) is 24.3 Å². The summed E-state index contributed by atoms with van der Waals surface area (Å²) >= 11 is 0. The van der Waals surface area contributed by atoms with Crippen LogP contribution >= 0.6 is 0 Å². The van der Waals surface area contributed by atoms with E-state index in [9.17, 15) is 14.7 Å². The summed E-state index contributed by atoms with van der Waals surface area (Å²) in [5, 5.41) is 10.3. The first kappa shape index (κ1) is 20.9. The zero-order chi connectivity index (χ0) is 22.5. The second-order valence-corrected chi connectivity index (χ2v) is 11.6. The molecule has 1 aromatic heterocycles. The second kappa shape index (κ2) is 6.69. The number of rotatable bonds is 2. The van der Waals surface area contributed by atoms with Crippen LogP contribution in [0.15, 0.2) is 27.6 Å². The average Bonchev–Trinajstić information content (AvgIpc) is 3.44. The van der Waals surface area contributed by atoms with Gasteiger partial charge in [-0.15, -0.1) is 0 Å². The van der Waals surface area contributed by atoms with Gasteiger partial charge in [-0.05, 0) is 79.7 Å². The van der Waals surface area contributed by atoms with Crippen LogP contribution in [0.5, 0.6) is 0 Å². The molecule has 1 aromatic rings.